The first-order chi connectivity index (χ1) is 7.70. The minimum absolute atomic E-state index is 0.0361. The quantitative estimate of drug-likeness (QED) is 0.605. The maximum Gasteiger partial charge on any atom is 0.221 e. The van der Waals surface area contributed by atoms with Gasteiger partial charge in [-0.05, 0) is 19.8 Å². The van der Waals surface area contributed by atoms with Crippen LogP contribution in [0.3, 0.4) is 0 Å². The molecular formula is C12H25N3O2. The van der Waals surface area contributed by atoms with Crippen molar-refractivity contribution in [3.05, 3.63) is 0 Å². The maximum absolute atomic E-state index is 11.4. The molecule has 0 saturated carbocycles. The van der Waals surface area contributed by atoms with Crippen LogP contribution in [0.25, 0.3) is 0 Å². The lowest BCUT2D eigenvalue weighted by molar-refractivity contribution is -0.122. The molecule has 100 valence electrons. The van der Waals surface area contributed by atoms with Crippen LogP contribution in [0.5, 0.6) is 0 Å². The summed E-state index contributed by atoms with van der Waals surface area (Å²) in [4.78, 5) is 22.7. The summed E-state index contributed by atoms with van der Waals surface area (Å²) < 4.78 is 0. The van der Waals surface area contributed by atoms with E-state index >= 15 is 0 Å². The van der Waals surface area contributed by atoms with Gasteiger partial charge < -0.3 is 16.4 Å². The fraction of sp³-hybridized carbons (Fsp3) is 0.833. The Labute approximate surface area is 104 Å². The maximum atomic E-state index is 11.4. The molecular weight excluding hydrogens is 218 g/mol. The molecule has 4 N–H and O–H groups in total. The first-order valence-electron chi connectivity index (χ1n) is 6.03. The standard InChI is InChI=1S/C12H25N3O2/c1-9(2)8-15-10(16)5-6-14-11(17)7-12(3,4)13/h9H,5-8,13H2,1-4H3,(H,14,17)(H,15,16). The number of carbonyl (C=O) groups excluding carboxylic acids is 2. The van der Waals surface area contributed by atoms with Gasteiger partial charge in [0, 0.05) is 31.5 Å². The summed E-state index contributed by atoms with van der Waals surface area (Å²) in [5, 5.41) is 5.47. The monoisotopic (exact) mass is 243 g/mol. The summed E-state index contributed by atoms with van der Waals surface area (Å²) in [6.45, 7) is 8.68. The number of nitrogens with two attached hydrogens (primary N) is 1. The highest BCUT2D eigenvalue weighted by Gasteiger charge is 2.15. The molecule has 0 bridgehead atoms. The molecule has 0 aliphatic rings. The Morgan fingerprint density at radius 1 is 1.18 bits per heavy atom. The van der Waals surface area contributed by atoms with E-state index in [4.69, 9.17) is 5.73 Å². The average Bonchev–Trinajstić information content (AvgIpc) is 2.11. The molecule has 5 heteroatoms. The fourth-order valence-electron chi connectivity index (χ4n) is 1.20. The van der Waals surface area contributed by atoms with Crippen LogP contribution in [-0.2, 0) is 9.59 Å². The molecule has 5 nitrogen and oxygen atoms in total. The van der Waals surface area contributed by atoms with Crippen molar-refractivity contribution in [2.24, 2.45) is 11.7 Å². The molecule has 0 radical (unpaired) electrons. The van der Waals surface area contributed by atoms with Crippen molar-refractivity contribution in [2.75, 3.05) is 13.1 Å². The summed E-state index contributed by atoms with van der Waals surface area (Å²) >= 11 is 0. The molecule has 2 amide bonds. The zero-order valence-corrected chi connectivity index (χ0v) is 11.3. The Morgan fingerprint density at radius 2 is 1.76 bits per heavy atom. The van der Waals surface area contributed by atoms with Gasteiger partial charge in [0.15, 0.2) is 0 Å². The number of hydrogen-bond acceptors (Lipinski definition) is 3. The Hall–Kier alpha value is -1.10. The van der Waals surface area contributed by atoms with Crippen LogP contribution in [0.1, 0.15) is 40.5 Å². The van der Waals surface area contributed by atoms with Crippen molar-refractivity contribution >= 4 is 11.8 Å². The second-order valence-electron chi connectivity index (χ2n) is 5.46. The second kappa shape index (κ2) is 7.27. The SMILES string of the molecule is CC(C)CNC(=O)CCNC(=O)CC(C)(C)N. The molecule has 17 heavy (non-hydrogen) atoms. The minimum atomic E-state index is -0.510. The Morgan fingerprint density at radius 3 is 2.24 bits per heavy atom. The first-order valence-corrected chi connectivity index (χ1v) is 6.03. The molecule has 0 spiro atoms. The van der Waals surface area contributed by atoms with Gasteiger partial charge >= 0.3 is 0 Å². The lowest BCUT2D eigenvalue weighted by Crippen LogP contribution is -2.40. The predicted octanol–water partition coefficient (Wildman–Crippen LogP) is 0.392. The molecule has 0 heterocycles. The molecule has 0 saturated heterocycles. The van der Waals surface area contributed by atoms with E-state index < -0.39 is 5.54 Å². The van der Waals surface area contributed by atoms with Gasteiger partial charge in [-0.1, -0.05) is 13.8 Å². The highest BCUT2D eigenvalue weighted by molar-refractivity contribution is 5.79. The molecule has 0 atom stereocenters. The fourth-order valence-corrected chi connectivity index (χ4v) is 1.20. The van der Waals surface area contributed by atoms with E-state index in [-0.39, 0.29) is 18.2 Å². The Balaban J connectivity index is 3.63. The van der Waals surface area contributed by atoms with Crippen molar-refractivity contribution < 1.29 is 9.59 Å². The van der Waals surface area contributed by atoms with Crippen LogP contribution < -0.4 is 16.4 Å². The molecule has 0 aliphatic heterocycles. The van der Waals surface area contributed by atoms with Crippen LogP contribution >= 0.6 is 0 Å². The zero-order chi connectivity index (χ0) is 13.5. The number of hydrogen-bond donors (Lipinski definition) is 3. The van der Waals surface area contributed by atoms with Gasteiger partial charge in [0.2, 0.25) is 11.8 Å². The van der Waals surface area contributed by atoms with E-state index in [0.717, 1.165) is 0 Å². The van der Waals surface area contributed by atoms with Crippen molar-refractivity contribution in [1.82, 2.24) is 10.6 Å². The van der Waals surface area contributed by atoms with Crippen LogP contribution in [0.4, 0.5) is 0 Å². The molecule has 0 aliphatic carbocycles. The number of carbonyl (C=O) groups is 2. The van der Waals surface area contributed by atoms with E-state index in [0.29, 0.717) is 25.4 Å². The Bertz CT molecular complexity index is 257. The smallest absolute Gasteiger partial charge is 0.221 e. The van der Waals surface area contributed by atoms with Crippen LogP contribution in [0, 0.1) is 5.92 Å². The molecule has 0 aromatic heterocycles. The van der Waals surface area contributed by atoms with Crippen molar-refractivity contribution in [1.29, 1.82) is 0 Å². The summed E-state index contributed by atoms with van der Waals surface area (Å²) in [6.07, 6.45) is 0.573. The first kappa shape index (κ1) is 15.9. The van der Waals surface area contributed by atoms with Crippen LogP contribution in [0.15, 0.2) is 0 Å². The van der Waals surface area contributed by atoms with Gasteiger partial charge in [0.05, 0.1) is 0 Å². The number of amides is 2. The lowest BCUT2D eigenvalue weighted by Gasteiger charge is -2.17. The normalized spacial score (nSPS) is 11.4. The topological polar surface area (TPSA) is 84.2 Å². The van der Waals surface area contributed by atoms with E-state index in [1.54, 1.807) is 13.8 Å². The van der Waals surface area contributed by atoms with E-state index in [9.17, 15) is 9.59 Å². The van der Waals surface area contributed by atoms with E-state index in [1.165, 1.54) is 0 Å². The summed E-state index contributed by atoms with van der Waals surface area (Å²) in [6, 6.07) is 0. The van der Waals surface area contributed by atoms with Gasteiger partial charge in [0.1, 0.15) is 0 Å². The average molecular weight is 243 g/mol. The molecule has 0 aromatic rings. The third kappa shape index (κ3) is 11.2. The Kier molecular flexibility index (Phi) is 6.80. The van der Waals surface area contributed by atoms with Gasteiger partial charge in [0.25, 0.3) is 0 Å². The van der Waals surface area contributed by atoms with Crippen LogP contribution in [0.2, 0.25) is 0 Å². The van der Waals surface area contributed by atoms with Gasteiger partial charge in [-0.3, -0.25) is 9.59 Å². The third-order valence-electron chi connectivity index (χ3n) is 2.00. The molecule has 0 aromatic carbocycles. The van der Waals surface area contributed by atoms with Crippen LogP contribution in [-0.4, -0.2) is 30.4 Å². The predicted molar refractivity (Wildman–Crippen MR) is 68.4 cm³/mol. The van der Waals surface area contributed by atoms with Gasteiger partial charge in [-0.15, -0.1) is 0 Å². The van der Waals surface area contributed by atoms with E-state index in [1.807, 2.05) is 13.8 Å². The van der Waals surface area contributed by atoms with Crippen molar-refractivity contribution in [3.8, 4) is 0 Å². The minimum Gasteiger partial charge on any atom is -0.356 e. The molecule has 0 rings (SSSR count). The molecule has 0 fully saturated rings. The third-order valence-corrected chi connectivity index (χ3v) is 2.00. The zero-order valence-electron chi connectivity index (χ0n) is 11.3. The largest absolute Gasteiger partial charge is 0.356 e. The van der Waals surface area contributed by atoms with Gasteiger partial charge in [-0.2, -0.15) is 0 Å². The highest BCUT2D eigenvalue weighted by Crippen LogP contribution is 2.02. The second-order valence-corrected chi connectivity index (χ2v) is 5.46. The summed E-state index contributed by atoms with van der Waals surface area (Å²) in [7, 11) is 0. The van der Waals surface area contributed by atoms with Gasteiger partial charge in [-0.25, -0.2) is 0 Å². The van der Waals surface area contributed by atoms with Crippen molar-refractivity contribution in [3.63, 3.8) is 0 Å². The highest BCUT2D eigenvalue weighted by atomic mass is 16.2. The van der Waals surface area contributed by atoms with E-state index in [2.05, 4.69) is 10.6 Å². The summed E-state index contributed by atoms with van der Waals surface area (Å²) in [5.74, 6) is 0.284. The lowest BCUT2D eigenvalue weighted by atomic mass is 10.0. The molecule has 0 unspecified atom stereocenters. The summed E-state index contributed by atoms with van der Waals surface area (Å²) in [5.41, 5.74) is 5.20. The number of nitrogens with one attached hydrogen (secondary N) is 2. The number of rotatable bonds is 7. The van der Waals surface area contributed by atoms with Crippen molar-refractivity contribution in [2.45, 2.75) is 46.1 Å².